The highest BCUT2D eigenvalue weighted by Gasteiger charge is 2.34. The van der Waals surface area contributed by atoms with Gasteiger partial charge in [-0.05, 0) is 13.0 Å². The van der Waals surface area contributed by atoms with E-state index in [1.54, 1.807) is 11.0 Å². The minimum Gasteiger partial charge on any atom is -0.405 e. The summed E-state index contributed by atoms with van der Waals surface area (Å²) in [5.74, 6) is -0.670. The molecule has 1 N–H and O–H groups in total. The van der Waals surface area contributed by atoms with Crippen molar-refractivity contribution in [2.75, 3.05) is 18.0 Å². The number of hydrogen-bond acceptors (Lipinski definition) is 5. The molecule has 0 aliphatic carbocycles. The number of halogens is 4. The summed E-state index contributed by atoms with van der Waals surface area (Å²) in [4.78, 5) is 27.3. The van der Waals surface area contributed by atoms with Gasteiger partial charge in [0, 0.05) is 24.7 Å². The van der Waals surface area contributed by atoms with Crippen LogP contribution in [0, 0.1) is 0 Å². The molecule has 1 fully saturated rings. The molecule has 7 nitrogen and oxygen atoms in total. The largest absolute Gasteiger partial charge is 0.573 e. The number of amides is 1. The fraction of sp³-hybridized carbons (Fsp3) is 0.353. The topological polar surface area (TPSA) is 78.5 Å². The van der Waals surface area contributed by atoms with E-state index in [2.05, 4.69) is 14.9 Å². The van der Waals surface area contributed by atoms with Crippen molar-refractivity contribution < 1.29 is 22.7 Å². The van der Waals surface area contributed by atoms with Crippen LogP contribution in [0.15, 0.2) is 35.3 Å². The Balaban J connectivity index is 1.78. The van der Waals surface area contributed by atoms with Crippen molar-refractivity contribution in [1.82, 2.24) is 15.1 Å². The molecule has 0 radical (unpaired) electrons. The summed E-state index contributed by atoms with van der Waals surface area (Å²) in [5, 5.41) is 5.83. The van der Waals surface area contributed by atoms with Gasteiger partial charge in [-0.3, -0.25) is 9.59 Å². The number of alkyl halides is 3. The van der Waals surface area contributed by atoms with Crippen LogP contribution in [0.3, 0.4) is 0 Å². The monoisotopic (exact) mass is 416 g/mol. The Morgan fingerprint density at radius 1 is 1.32 bits per heavy atom. The molecule has 2 aromatic rings. The van der Waals surface area contributed by atoms with Crippen molar-refractivity contribution in [2.24, 2.45) is 0 Å². The zero-order valence-corrected chi connectivity index (χ0v) is 15.4. The fourth-order valence-electron chi connectivity index (χ4n) is 3.03. The first-order valence-corrected chi connectivity index (χ1v) is 8.65. The third kappa shape index (κ3) is 4.38. The van der Waals surface area contributed by atoms with Crippen LogP contribution in [-0.2, 0) is 11.3 Å². The number of benzene rings is 1. The van der Waals surface area contributed by atoms with Crippen LogP contribution in [0.25, 0.3) is 0 Å². The van der Waals surface area contributed by atoms with Gasteiger partial charge < -0.3 is 14.5 Å². The smallest absolute Gasteiger partial charge is 0.405 e. The molecular weight excluding hydrogens is 401 g/mol. The SMILES string of the molecule is CC1CN(Cc2ccccc2OC(F)(F)F)C(=O)CN1c1cn[nH]c(=O)c1Cl. The quantitative estimate of drug-likeness (QED) is 0.828. The van der Waals surface area contributed by atoms with Crippen LogP contribution < -0.4 is 15.2 Å². The van der Waals surface area contributed by atoms with Crippen molar-refractivity contribution in [1.29, 1.82) is 0 Å². The summed E-state index contributed by atoms with van der Waals surface area (Å²) in [6.07, 6.45) is -3.47. The molecule has 0 saturated carbocycles. The van der Waals surface area contributed by atoms with Gasteiger partial charge in [0.05, 0.1) is 18.4 Å². The lowest BCUT2D eigenvalue weighted by Crippen LogP contribution is -2.55. The maximum absolute atomic E-state index is 12.6. The highest BCUT2D eigenvalue weighted by molar-refractivity contribution is 6.33. The Morgan fingerprint density at radius 3 is 2.75 bits per heavy atom. The second-order valence-electron chi connectivity index (χ2n) is 6.31. The first-order valence-electron chi connectivity index (χ1n) is 8.27. The minimum atomic E-state index is -4.82. The molecule has 11 heteroatoms. The number of aromatic amines is 1. The number of ether oxygens (including phenoxy) is 1. The number of hydrogen-bond donors (Lipinski definition) is 1. The normalized spacial score (nSPS) is 17.8. The predicted octanol–water partition coefficient (Wildman–Crippen LogP) is 2.56. The van der Waals surface area contributed by atoms with Crippen LogP contribution in [0.1, 0.15) is 12.5 Å². The number of nitrogens with zero attached hydrogens (tertiary/aromatic N) is 3. The number of para-hydroxylation sites is 1. The molecule has 1 aliphatic heterocycles. The number of piperazine rings is 1. The number of H-pyrrole nitrogens is 1. The summed E-state index contributed by atoms with van der Waals surface area (Å²) in [6, 6.07) is 5.44. The first-order chi connectivity index (χ1) is 13.2. The summed E-state index contributed by atoms with van der Waals surface area (Å²) in [6.45, 7) is 1.91. The average molecular weight is 417 g/mol. The van der Waals surface area contributed by atoms with Crippen LogP contribution >= 0.6 is 11.6 Å². The highest BCUT2D eigenvalue weighted by Crippen LogP contribution is 2.29. The van der Waals surface area contributed by atoms with Crippen molar-refractivity contribution in [3.05, 3.63) is 51.4 Å². The maximum Gasteiger partial charge on any atom is 0.573 e. The van der Waals surface area contributed by atoms with E-state index in [4.69, 9.17) is 11.6 Å². The van der Waals surface area contributed by atoms with Crippen LogP contribution in [-0.4, -0.2) is 46.5 Å². The molecule has 0 spiro atoms. The van der Waals surface area contributed by atoms with E-state index in [-0.39, 0.29) is 47.9 Å². The van der Waals surface area contributed by atoms with Gasteiger partial charge >= 0.3 is 6.36 Å². The third-order valence-corrected chi connectivity index (χ3v) is 4.69. The molecule has 1 aliphatic rings. The van der Waals surface area contributed by atoms with Crippen molar-refractivity contribution in [3.63, 3.8) is 0 Å². The predicted molar refractivity (Wildman–Crippen MR) is 95.2 cm³/mol. The Bertz CT molecular complexity index is 934. The highest BCUT2D eigenvalue weighted by atomic mass is 35.5. The Kier molecular flexibility index (Phi) is 5.50. The number of carbonyl (C=O) groups is 1. The number of nitrogens with one attached hydrogen (secondary N) is 1. The van der Waals surface area contributed by atoms with Gasteiger partial charge in [-0.15, -0.1) is 13.2 Å². The van der Waals surface area contributed by atoms with Gasteiger partial charge in [0.2, 0.25) is 5.91 Å². The van der Waals surface area contributed by atoms with Gasteiger partial charge in [-0.2, -0.15) is 5.10 Å². The molecular formula is C17H16ClF3N4O3. The Morgan fingerprint density at radius 2 is 2.04 bits per heavy atom. The summed E-state index contributed by atoms with van der Waals surface area (Å²) >= 11 is 6.01. The molecule has 2 heterocycles. The summed E-state index contributed by atoms with van der Waals surface area (Å²) < 4.78 is 41.8. The van der Waals surface area contributed by atoms with Crippen molar-refractivity contribution in [3.8, 4) is 5.75 Å². The second-order valence-corrected chi connectivity index (χ2v) is 6.68. The zero-order valence-electron chi connectivity index (χ0n) is 14.7. The summed E-state index contributed by atoms with van der Waals surface area (Å²) in [7, 11) is 0. The molecule has 1 saturated heterocycles. The molecule has 1 unspecified atom stereocenters. The van der Waals surface area contributed by atoms with Gasteiger partial charge in [0.15, 0.2) is 0 Å². The molecule has 150 valence electrons. The number of rotatable bonds is 4. The first kappa shape index (κ1) is 20.0. The van der Waals surface area contributed by atoms with Gasteiger partial charge in [-0.25, -0.2) is 5.10 Å². The van der Waals surface area contributed by atoms with E-state index in [1.807, 2.05) is 6.92 Å². The van der Waals surface area contributed by atoms with E-state index in [0.717, 1.165) is 0 Å². The third-order valence-electron chi connectivity index (χ3n) is 4.32. The van der Waals surface area contributed by atoms with E-state index in [9.17, 15) is 22.8 Å². The van der Waals surface area contributed by atoms with Crippen LogP contribution in [0.4, 0.5) is 18.9 Å². The lowest BCUT2D eigenvalue weighted by atomic mass is 10.1. The molecule has 1 aromatic heterocycles. The van der Waals surface area contributed by atoms with E-state index in [0.29, 0.717) is 5.69 Å². The molecule has 1 atom stereocenters. The Hall–Kier alpha value is -2.75. The van der Waals surface area contributed by atoms with Gasteiger partial charge in [-0.1, -0.05) is 29.8 Å². The molecule has 0 bridgehead atoms. The van der Waals surface area contributed by atoms with E-state index < -0.39 is 11.9 Å². The zero-order chi connectivity index (χ0) is 20.5. The van der Waals surface area contributed by atoms with E-state index >= 15 is 0 Å². The van der Waals surface area contributed by atoms with Crippen molar-refractivity contribution in [2.45, 2.75) is 25.9 Å². The van der Waals surface area contributed by atoms with Crippen LogP contribution in [0.2, 0.25) is 5.02 Å². The van der Waals surface area contributed by atoms with Crippen LogP contribution in [0.5, 0.6) is 5.75 Å². The number of aromatic nitrogens is 2. The second kappa shape index (κ2) is 7.70. The lowest BCUT2D eigenvalue weighted by Gasteiger charge is -2.40. The summed E-state index contributed by atoms with van der Waals surface area (Å²) in [5.41, 5.74) is -0.00382. The molecule has 1 amide bonds. The Labute approximate surface area is 162 Å². The minimum absolute atomic E-state index is 0.0371. The van der Waals surface area contributed by atoms with Crippen molar-refractivity contribution >= 4 is 23.2 Å². The lowest BCUT2D eigenvalue weighted by molar-refractivity contribution is -0.275. The van der Waals surface area contributed by atoms with Gasteiger partial charge in [0.1, 0.15) is 10.8 Å². The molecule has 28 heavy (non-hydrogen) atoms. The molecule has 1 aromatic carbocycles. The number of carbonyl (C=O) groups excluding carboxylic acids is 1. The standard InChI is InChI=1S/C17H16ClF3N4O3/c1-10-7-24(8-11-4-2-3-5-13(11)28-17(19,20)21)14(26)9-25(10)12-6-22-23-16(27)15(12)18/h2-6,10H,7-9H2,1H3,(H,23,27). The fourth-order valence-corrected chi connectivity index (χ4v) is 3.23. The number of anilines is 1. The maximum atomic E-state index is 12.6. The van der Waals surface area contributed by atoms with E-state index in [1.165, 1.54) is 29.3 Å². The average Bonchev–Trinajstić information content (AvgIpc) is 2.61. The van der Waals surface area contributed by atoms with Gasteiger partial charge in [0.25, 0.3) is 5.56 Å². The molecule has 3 rings (SSSR count).